The van der Waals surface area contributed by atoms with Gasteiger partial charge in [-0.1, -0.05) is 90.7 Å². The minimum absolute atomic E-state index is 0.0192. The Bertz CT molecular complexity index is 1240. The molecule has 0 radical (unpaired) electrons. The van der Waals surface area contributed by atoms with Crippen LogP contribution < -0.4 is 0 Å². The quantitative estimate of drug-likeness (QED) is 0.0922. The van der Waals surface area contributed by atoms with E-state index in [-0.39, 0.29) is 44.9 Å². The third kappa shape index (κ3) is 15.8. The largest absolute Gasteiger partial charge is 0.469 e. The molecule has 310 valence electrons. The summed E-state index contributed by atoms with van der Waals surface area (Å²) in [6.07, 6.45) is -2.13. The first-order chi connectivity index (χ1) is 23.0. The van der Waals surface area contributed by atoms with Gasteiger partial charge in [0.05, 0.1) is 36.5 Å². The molecule has 0 bridgehead atoms. The van der Waals surface area contributed by atoms with Crippen LogP contribution in [-0.2, 0) is 67.7 Å². The first kappa shape index (κ1) is 56.3. The van der Waals surface area contributed by atoms with E-state index in [4.69, 9.17) is 39.4 Å². The van der Waals surface area contributed by atoms with E-state index in [2.05, 4.69) is 20.8 Å². The Labute approximate surface area is 328 Å². The van der Waals surface area contributed by atoms with E-state index < -0.39 is 48.0 Å². The summed E-state index contributed by atoms with van der Waals surface area (Å²) < 4.78 is 56.5. The summed E-state index contributed by atoms with van der Waals surface area (Å²) in [4.78, 5) is 45.2. The lowest BCUT2D eigenvalue weighted by Crippen LogP contribution is -2.40. The van der Waals surface area contributed by atoms with Crippen LogP contribution in [0, 0.1) is 10.8 Å². The van der Waals surface area contributed by atoms with Gasteiger partial charge in [0, 0.05) is 49.7 Å². The summed E-state index contributed by atoms with van der Waals surface area (Å²) in [6.45, 7) is 30.8. The number of carbonyl (C=O) groups excluding carboxylic acids is 4. The maximum absolute atomic E-state index is 12.9. The molecule has 0 aliphatic rings. The molecule has 0 rings (SSSR count). The van der Waals surface area contributed by atoms with Crippen molar-refractivity contribution >= 4 is 78.7 Å². The highest BCUT2D eigenvalue weighted by Crippen LogP contribution is 2.67. The zero-order valence-electron chi connectivity index (χ0n) is 35.5. The van der Waals surface area contributed by atoms with Gasteiger partial charge >= 0.3 is 19.5 Å². The average molecular weight is 859 g/mol. The number of hydrogen-bond donors (Lipinski definition) is 0. The Morgan fingerprint density at radius 1 is 0.577 bits per heavy atom. The van der Waals surface area contributed by atoms with E-state index in [1.54, 1.807) is 48.7 Å². The van der Waals surface area contributed by atoms with Crippen molar-refractivity contribution in [2.75, 3.05) is 40.3 Å². The predicted octanol–water partition coefficient (Wildman–Crippen LogP) is 10.2. The van der Waals surface area contributed by atoms with Gasteiger partial charge in [-0.25, -0.2) is 0 Å². The van der Waals surface area contributed by atoms with Crippen LogP contribution in [0.25, 0.3) is 0 Å². The molecule has 4 atom stereocenters. The van der Waals surface area contributed by atoms with Gasteiger partial charge in [0.2, 0.25) is 7.37 Å². The number of methoxy groups -OCH3 is 2. The van der Waals surface area contributed by atoms with E-state index in [9.17, 15) is 28.3 Å². The lowest BCUT2D eigenvalue weighted by atomic mass is 9.90. The van der Waals surface area contributed by atoms with Crippen LogP contribution in [0.3, 0.4) is 0 Å². The van der Waals surface area contributed by atoms with Crippen molar-refractivity contribution in [3.05, 3.63) is 0 Å². The minimum Gasteiger partial charge on any atom is -0.469 e. The van der Waals surface area contributed by atoms with Crippen molar-refractivity contribution < 1.29 is 55.9 Å². The monoisotopic (exact) mass is 858 g/mol. The van der Waals surface area contributed by atoms with Gasteiger partial charge in [-0.15, -0.1) is 0 Å². The standard InChI is InChI=1S/C12H25O4P.C12H25O3PS.C10H19O5PS2/c1-9(12(5,6)10(13)15-7)17(14,16-8)11(2,3)4;1-9(12(5,6)10(13)14-7)16(17,15-8)11(2,3)4;1-8(11)17-6-14-16(13,10(3,4)5)15-7-18-9(2)12/h2*9H,1-8H3;6-7H2,1-5H3. The molecule has 0 amide bonds. The summed E-state index contributed by atoms with van der Waals surface area (Å²) in [7, 11) is -0.491. The van der Waals surface area contributed by atoms with E-state index in [1.165, 1.54) is 35.2 Å². The van der Waals surface area contributed by atoms with Gasteiger partial charge in [-0.3, -0.25) is 37.4 Å². The van der Waals surface area contributed by atoms with Crippen LogP contribution in [0.4, 0.5) is 0 Å². The van der Waals surface area contributed by atoms with E-state index >= 15 is 0 Å². The fraction of sp³-hybridized carbons (Fsp3) is 0.882. The number of ether oxygens (including phenoxy) is 2. The maximum atomic E-state index is 12.9. The summed E-state index contributed by atoms with van der Waals surface area (Å²) >= 11 is 7.61. The highest BCUT2D eigenvalue weighted by molar-refractivity contribution is 8.14. The van der Waals surface area contributed by atoms with Crippen molar-refractivity contribution in [3.63, 3.8) is 0 Å². The average Bonchev–Trinajstić information content (AvgIpc) is 3.00. The third-order valence-corrected chi connectivity index (χ3v) is 24.1. The van der Waals surface area contributed by atoms with Gasteiger partial charge < -0.3 is 18.5 Å². The van der Waals surface area contributed by atoms with Gasteiger partial charge in [-0.2, -0.15) is 0 Å². The third-order valence-electron chi connectivity index (χ3n) is 8.74. The SMILES string of the molecule is CC(=O)SCOP(=O)(OCSC(C)=O)C(C)(C)C.COC(=O)C(C)(C)C(C)P(=O)(OC)C(C)(C)C.COC(=O)C(C)(C)C(C)P(=S)(OC)C(C)(C)C. The molecule has 4 unspecified atom stereocenters. The Balaban J connectivity index is -0.000000693. The normalized spacial score (nSPS) is 16.3. The fourth-order valence-corrected chi connectivity index (χ4v) is 14.0. The molecule has 0 aromatic rings. The Morgan fingerprint density at radius 2 is 0.904 bits per heavy atom. The molecular weight excluding hydrogens is 789 g/mol. The molecule has 52 heavy (non-hydrogen) atoms. The lowest BCUT2D eigenvalue weighted by molar-refractivity contribution is -0.151. The van der Waals surface area contributed by atoms with Crippen LogP contribution in [0.15, 0.2) is 0 Å². The predicted molar refractivity (Wildman–Crippen MR) is 222 cm³/mol. The van der Waals surface area contributed by atoms with Crippen LogP contribution in [-0.4, -0.2) is 89.3 Å². The molecular formula is C34H69O12P3S3. The topological polar surface area (TPSA) is 158 Å². The van der Waals surface area contributed by atoms with Crippen LogP contribution >= 0.6 is 44.8 Å². The molecule has 0 aliphatic heterocycles. The zero-order valence-corrected chi connectivity index (χ0v) is 40.7. The number of carbonyl (C=O) groups is 4. The van der Waals surface area contributed by atoms with E-state index in [0.29, 0.717) is 0 Å². The molecule has 0 aromatic heterocycles. The smallest absolute Gasteiger partial charge is 0.337 e. The van der Waals surface area contributed by atoms with Gasteiger partial charge in [0.1, 0.15) is 11.9 Å². The van der Waals surface area contributed by atoms with Gasteiger partial charge in [0.25, 0.3) is 0 Å². The molecule has 0 saturated carbocycles. The van der Waals surface area contributed by atoms with E-state index in [0.717, 1.165) is 23.5 Å². The van der Waals surface area contributed by atoms with Crippen LogP contribution in [0.2, 0.25) is 0 Å². The second-order valence-electron chi connectivity index (χ2n) is 16.1. The molecule has 0 N–H and O–H groups in total. The highest BCUT2D eigenvalue weighted by atomic mass is 32.4. The summed E-state index contributed by atoms with van der Waals surface area (Å²) in [6, 6.07) is 0. The number of esters is 2. The molecule has 0 saturated heterocycles. The summed E-state index contributed by atoms with van der Waals surface area (Å²) in [5, 5.41) is -1.59. The highest BCUT2D eigenvalue weighted by Gasteiger charge is 2.52. The molecule has 0 aromatic carbocycles. The van der Waals surface area contributed by atoms with E-state index in [1.807, 2.05) is 41.5 Å². The molecule has 0 aliphatic carbocycles. The van der Waals surface area contributed by atoms with Crippen molar-refractivity contribution in [1.82, 2.24) is 0 Å². The molecule has 12 nitrogen and oxygen atoms in total. The summed E-state index contributed by atoms with van der Waals surface area (Å²) in [5.41, 5.74) is -1.92. The number of rotatable bonds is 14. The molecule has 18 heteroatoms. The van der Waals surface area contributed by atoms with Crippen molar-refractivity contribution in [2.45, 2.75) is 144 Å². The van der Waals surface area contributed by atoms with Crippen molar-refractivity contribution in [2.24, 2.45) is 10.8 Å². The second-order valence-corrected chi connectivity index (χ2v) is 30.1. The number of thioether (sulfide) groups is 2. The first-order valence-corrected chi connectivity index (χ1v) is 24.6. The molecule has 0 spiro atoms. The Morgan fingerprint density at radius 3 is 1.12 bits per heavy atom. The second kappa shape index (κ2) is 22.0. The van der Waals surface area contributed by atoms with Crippen molar-refractivity contribution in [3.8, 4) is 0 Å². The fourth-order valence-electron chi connectivity index (χ4n) is 4.52. The first-order valence-electron chi connectivity index (χ1n) is 16.6. The number of hydrogen-bond acceptors (Lipinski definition) is 15. The Kier molecular flexibility index (Phi) is 23.8. The zero-order chi connectivity index (χ0) is 42.5. The van der Waals surface area contributed by atoms with Crippen molar-refractivity contribution in [1.29, 1.82) is 0 Å². The van der Waals surface area contributed by atoms with Crippen LogP contribution in [0.5, 0.6) is 0 Å². The van der Waals surface area contributed by atoms with Gasteiger partial charge in [0.15, 0.2) is 10.2 Å². The molecule has 0 heterocycles. The maximum Gasteiger partial charge on any atom is 0.337 e. The lowest BCUT2D eigenvalue weighted by Gasteiger charge is -2.43. The Hall–Kier alpha value is -0.0700. The molecule has 0 fully saturated rings. The van der Waals surface area contributed by atoms with Crippen LogP contribution in [0.1, 0.15) is 118 Å². The minimum atomic E-state index is -3.36. The van der Waals surface area contributed by atoms with Gasteiger partial charge in [-0.05, 0) is 48.5 Å². The summed E-state index contributed by atoms with van der Waals surface area (Å²) in [5.74, 6) is -0.643.